The van der Waals surface area contributed by atoms with E-state index in [-0.39, 0.29) is 34.9 Å². The molecule has 0 radical (unpaired) electrons. The molecule has 1 aliphatic heterocycles. The van der Waals surface area contributed by atoms with Crippen molar-refractivity contribution in [3.63, 3.8) is 0 Å². The average molecular weight is 620 g/mol. The Hall–Kier alpha value is -4.72. The second-order valence-electron chi connectivity index (χ2n) is 8.11. The highest BCUT2D eigenvalue weighted by Gasteiger charge is 2.37. The van der Waals surface area contributed by atoms with E-state index < -0.39 is 45.9 Å². The minimum atomic E-state index is -4.80. The van der Waals surface area contributed by atoms with Crippen molar-refractivity contribution in [3.05, 3.63) is 92.0 Å². The number of nitro benzene ring substituents is 1. The van der Waals surface area contributed by atoms with Gasteiger partial charge in [-0.1, -0.05) is 22.0 Å². The highest BCUT2D eigenvalue weighted by molar-refractivity contribution is 9.10. The monoisotopic (exact) mass is 619 g/mol. The molecule has 1 N–H and O–H groups in total. The fourth-order valence-electron chi connectivity index (χ4n) is 3.66. The van der Waals surface area contributed by atoms with Crippen LogP contribution in [0.15, 0.2) is 70.7 Å². The van der Waals surface area contributed by atoms with Crippen molar-refractivity contribution < 1.29 is 42.0 Å². The number of carbonyl (C=O) groups is 3. The molecule has 4 rings (SSSR count). The molecule has 3 aromatic carbocycles. The maximum Gasteiger partial charge on any atom is 0.416 e. The van der Waals surface area contributed by atoms with Crippen LogP contribution in [-0.2, 0) is 15.8 Å². The third-order valence-corrected chi connectivity index (χ3v) is 6.00. The van der Waals surface area contributed by atoms with Gasteiger partial charge >= 0.3 is 17.9 Å². The lowest BCUT2D eigenvalue weighted by Gasteiger charge is -2.26. The van der Waals surface area contributed by atoms with Crippen LogP contribution in [-0.4, -0.2) is 29.4 Å². The molecule has 0 bridgehead atoms. The van der Waals surface area contributed by atoms with Crippen molar-refractivity contribution in [2.45, 2.75) is 13.1 Å². The van der Waals surface area contributed by atoms with Gasteiger partial charge in [-0.3, -0.25) is 25.0 Å². The Kier molecular flexibility index (Phi) is 7.91. The number of hydrogen-bond acceptors (Lipinski definition) is 7. The van der Waals surface area contributed by atoms with E-state index in [0.717, 1.165) is 11.0 Å². The van der Waals surface area contributed by atoms with Gasteiger partial charge in [-0.05, 0) is 67.1 Å². The number of urea groups is 1. The lowest BCUT2D eigenvalue weighted by Crippen LogP contribution is -2.54. The SMILES string of the molecule is CCOc1cc(/C=C2\C(=O)NC(=O)N(c3ccc(Br)cc3)C2=O)ccc1Oc1ccc(C(F)(F)F)cc1[N+](=O)[O-]. The number of nitrogens with zero attached hydrogens (tertiary/aromatic N) is 2. The largest absolute Gasteiger partial charge is 0.490 e. The van der Waals surface area contributed by atoms with E-state index in [2.05, 4.69) is 21.2 Å². The number of anilines is 1. The van der Waals surface area contributed by atoms with Crippen LogP contribution < -0.4 is 19.7 Å². The molecule has 1 aliphatic rings. The fourth-order valence-corrected chi connectivity index (χ4v) is 3.92. The number of hydrogen-bond donors (Lipinski definition) is 1. The van der Waals surface area contributed by atoms with Crippen LogP contribution in [0.2, 0.25) is 0 Å². The molecule has 3 aromatic rings. The minimum Gasteiger partial charge on any atom is -0.490 e. The van der Waals surface area contributed by atoms with Crippen LogP contribution >= 0.6 is 15.9 Å². The van der Waals surface area contributed by atoms with Crippen LogP contribution in [0, 0.1) is 10.1 Å². The number of nitrogens with one attached hydrogen (secondary N) is 1. The summed E-state index contributed by atoms with van der Waals surface area (Å²) in [6, 6.07) is 11.2. The van der Waals surface area contributed by atoms with Crippen molar-refractivity contribution in [2.24, 2.45) is 0 Å². The van der Waals surface area contributed by atoms with Gasteiger partial charge < -0.3 is 9.47 Å². The summed E-state index contributed by atoms with van der Waals surface area (Å²) in [5, 5.41) is 13.5. The highest BCUT2D eigenvalue weighted by Crippen LogP contribution is 2.40. The molecule has 0 aliphatic carbocycles. The van der Waals surface area contributed by atoms with Crippen LogP contribution in [0.5, 0.6) is 17.2 Å². The van der Waals surface area contributed by atoms with Gasteiger partial charge in [-0.15, -0.1) is 0 Å². The van der Waals surface area contributed by atoms with Gasteiger partial charge in [-0.2, -0.15) is 13.2 Å². The summed E-state index contributed by atoms with van der Waals surface area (Å²) >= 11 is 3.26. The quantitative estimate of drug-likeness (QED) is 0.144. The summed E-state index contributed by atoms with van der Waals surface area (Å²) in [6.07, 6.45) is -3.59. The lowest BCUT2D eigenvalue weighted by molar-refractivity contribution is -0.385. The lowest BCUT2D eigenvalue weighted by atomic mass is 10.1. The Balaban J connectivity index is 1.69. The molecular weight excluding hydrogens is 603 g/mol. The molecule has 4 amide bonds. The third kappa shape index (κ3) is 5.96. The third-order valence-electron chi connectivity index (χ3n) is 5.47. The number of imide groups is 2. The van der Waals surface area contributed by atoms with Crippen molar-refractivity contribution in [3.8, 4) is 17.2 Å². The number of nitro groups is 1. The molecule has 1 heterocycles. The summed E-state index contributed by atoms with van der Waals surface area (Å²) in [6.45, 7) is 1.74. The molecule has 0 atom stereocenters. The maximum atomic E-state index is 13.1. The first-order valence-corrected chi connectivity index (χ1v) is 12.2. The number of rotatable bonds is 7. The Morgan fingerprint density at radius 3 is 2.30 bits per heavy atom. The van der Waals surface area contributed by atoms with Gasteiger partial charge in [0.2, 0.25) is 5.75 Å². The topological polar surface area (TPSA) is 128 Å². The zero-order chi connectivity index (χ0) is 29.2. The fraction of sp³-hybridized carbons (Fsp3) is 0.115. The Morgan fingerprint density at radius 1 is 1.00 bits per heavy atom. The minimum absolute atomic E-state index is 0.0237. The first-order chi connectivity index (χ1) is 18.9. The van der Waals surface area contributed by atoms with Crippen molar-refractivity contribution in [2.75, 3.05) is 11.5 Å². The van der Waals surface area contributed by atoms with Crippen LogP contribution in [0.4, 0.5) is 29.3 Å². The van der Waals surface area contributed by atoms with Gasteiger partial charge in [0.1, 0.15) is 5.57 Å². The van der Waals surface area contributed by atoms with E-state index >= 15 is 0 Å². The second kappa shape index (κ2) is 11.2. The number of barbiturate groups is 1. The summed E-state index contributed by atoms with van der Waals surface area (Å²) in [4.78, 5) is 49.2. The molecule has 0 spiro atoms. The summed E-state index contributed by atoms with van der Waals surface area (Å²) in [5.41, 5.74) is -2.00. The van der Waals surface area contributed by atoms with E-state index in [0.29, 0.717) is 16.6 Å². The molecule has 14 heteroatoms. The van der Waals surface area contributed by atoms with E-state index in [1.807, 2.05) is 0 Å². The predicted octanol–water partition coefficient (Wildman–Crippen LogP) is 6.23. The summed E-state index contributed by atoms with van der Waals surface area (Å²) in [5.74, 6) is -2.32. The van der Waals surface area contributed by atoms with Crippen LogP contribution in [0.25, 0.3) is 6.08 Å². The standard InChI is InChI=1S/C26H17BrF3N3O7/c1-2-39-22-12-14(3-9-21(22)40-20-10-4-15(26(28,29)30)13-19(20)33(37)38)11-18-23(34)31-25(36)32(24(18)35)17-7-5-16(27)6-8-17/h3-13H,2H2,1H3,(H,31,34,36)/b18-11+. The smallest absolute Gasteiger partial charge is 0.416 e. The maximum absolute atomic E-state index is 13.1. The van der Waals surface area contributed by atoms with Gasteiger partial charge in [-0.25, -0.2) is 9.69 Å². The first kappa shape index (κ1) is 28.3. The number of benzene rings is 3. The predicted molar refractivity (Wildman–Crippen MR) is 139 cm³/mol. The van der Waals surface area contributed by atoms with Crippen molar-refractivity contribution in [1.29, 1.82) is 0 Å². The summed E-state index contributed by atoms with van der Waals surface area (Å²) < 4.78 is 50.9. The van der Waals surface area contributed by atoms with Gasteiger partial charge in [0.05, 0.1) is 22.8 Å². The first-order valence-electron chi connectivity index (χ1n) is 11.4. The molecular formula is C26H17BrF3N3O7. The number of carbonyl (C=O) groups excluding carboxylic acids is 3. The molecule has 1 fully saturated rings. The van der Waals surface area contributed by atoms with E-state index in [9.17, 15) is 37.7 Å². The van der Waals surface area contributed by atoms with Gasteiger partial charge in [0.25, 0.3) is 11.8 Å². The van der Waals surface area contributed by atoms with Crippen LogP contribution in [0.1, 0.15) is 18.1 Å². The number of alkyl halides is 3. The normalized spacial score (nSPS) is 14.8. The van der Waals surface area contributed by atoms with E-state index in [1.54, 1.807) is 19.1 Å². The molecule has 1 saturated heterocycles. The average Bonchev–Trinajstić information content (AvgIpc) is 2.88. The Bertz CT molecular complexity index is 1560. The highest BCUT2D eigenvalue weighted by atomic mass is 79.9. The number of ether oxygens (including phenoxy) is 2. The Labute approximate surface area is 232 Å². The van der Waals surface area contributed by atoms with E-state index in [4.69, 9.17) is 9.47 Å². The zero-order valence-electron chi connectivity index (χ0n) is 20.3. The van der Waals surface area contributed by atoms with Crippen LogP contribution in [0.3, 0.4) is 0 Å². The van der Waals surface area contributed by atoms with Gasteiger partial charge in [0, 0.05) is 10.5 Å². The Morgan fingerprint density at radius 2 is 1.68 bits per heavy atom. The number of amides is 4. The molecule has 10 nitrogen and oxygen atoms in total. The molecule has 40 heavy (non-hydrogen) atoms. The molecule has 206 valence electrons. The molecule has 0 saturated carbocycles. The zero-order valence-corrected chi connectivity index (χ0v) is 21.9. The van der Waals surface area contributed by atoms with E-state index in [1.165, 1.54) is 36.4 Å². The number of halogens is 4. The second-order valence-corrected chi connectivity index (χ2v) is 9.03. The molecule has 0 aromatic heterocycles. The summed E-state index contributed by atoms with van der Waals surface area (Å²) in [7, 11) is 0. The van der Waals surface area contributed by atoms with Crippen molar-refractivity contribution >= 4 is 51.2 Å². The van der Waals surface area contributed by atoms with Crippen molar-refractivity contribution in [1.82, 2.24) is 5.32 Å². The van der Waals surface area contributed by atoms with Gasteiger partial charge in [0.15, 0.2) is 11.5 Å². The molecule has 0 unspecified atom stereocenters.